The summed E-state index contributed by atoms with van der Waals surface area (Å²) in [5.41, 5.74) is -0.923. The molecule has 0 aromatic carbocycles. The number of methoxy groups -OCH3 is 2. The smallest absolute Gasteiger partial charge is 0.335 e. The van der Waals surface area contributed by atoms with Crippen molar-refractivity contribution in [2.24, 2.45) is 7.05 Å². The van der Waals surface area contributed by atoms with E-state index in [4.69, 9.17) is 18.9 Å². The SMILES string of the molecule is COC1C2COc3cc(=O)n(C)c(=O)n3C(O2)C1OC. The van der Waals surface area contributed by atoms with Gasteiger partial charge in [-0.15, -0.1) is 0 Å². The van der Waals surface area contributed by atoms with Crippen molar-refractivity contribution in [3.05, 3.63) is 26.9 Å². The normalized spacial score (nSPS) is 31.6. The first kappa shape index (κ1) is 13.3. The molecular weight excluding hydrogens is 268 g/mol. The fraction of sp³-hybridized carbons (Fsp3) is 0.667. The third-order valence-corrected chi connectivity index (χ3v) is 3.79. The first-order valence-corrected chi connectivity index (χ1v) is 6.25. The Morgan fingerprint density at radius 3 is 2.60 bits per heavy atom. The lowest BCUT2D eigenvalue weighted by Gasteiger charge is -2.26. The van der Waals surface area contributed by atoms with Gasteiger partial charge in [-0.25, -0.2) is 9.36 Å². The molecule has 2 bridgehead atoms. The van der Waals surface area contributed by atoms with Crippen molar-refractivity contribution >= 4 is 0 Å². The number of fused-ring (bicyclic) bond motifs is 4. The van der Waals surface area contributed by atoms with Gasteiger partial charge in [-0.2, -0.15) is 0 Å². The predicted molar refractivity (Wildman–Crippen MR) is 66.9 cm³/mol. The molecule has 20 heavy (non-hydrogen) atoms. The van der Waals surface area contributed by atoms with E-state index in [9.17, 15) is 9.59 Å². The van der Waals surface area contributed by atoms with Gasteiger partial charge in [-0.3, -0.25) is 9.36 Å². The van der Waals surface area contributed by atoms with Gasteiger partial charge in [0.25, 0.3) is 5.56 Å². The molecule has 0 amide bonds. The zero-order valence-electron chi connectivity index (χ0n) is 11.4. The molecule has 0 spiro atoms. The lowest BCUT2D eigenvalue weighted by atomic mass is 10.1. The zero-order valence-corrected chi connectivity index (χ0v) is 11.4. The highest BCUT2D eigenvalue weighted by atomic mass is 16.6. The highest BCUT2D eigenvalue weighted by Gasteiger charge is 2.49. The van der Waals surface area contributed by atoms with Crippen LogP contribution >= 0.6 is 0 Å². The Balaban J connectivity index is 2.18. The minimum Gasteiger partial charge on any atom is -0.476 e. The van der Waals surface area contributed by atoms with E-state index in [0.717, 1.165) is 4.57 Å². The molecule has 0 N–H and O–H groups in total. The van der Waals surface area contributed by atoms with Crippen LogP contribution < -0.4 is 16.0 Å². The second-order valence-electron chi connectivity index (χ2n) is 4.81. The quantitative estimate of drug-likeness (QED) is 0.683. The molecule has 4 atom stereocenters. The summed E-state index contributed by atoms with van der Waals surface area (Å²) in [6, 6.07) is 1.28. The Bertz CT molecular complexity index is 636. The van der Waals surface area contributed by atoms with Crippen LogP contribution in [0.25, 0.3) is 0 Å². The molecule has 8 heteroatoms. The van der Waals surface area contributed by atoms with Crippen LogP contribution in [0.3, 0.4) is 0 Å². The van der Waals surface area contributed by atoms with Crippen LogP contribution in [0.1, 0.15) is 6.23 Å². The van der Waals surface area contributed by atoms with E-state index in [0.29, 0.717) is 0 Å². The molecule has 1 saturated heterocycles. The van der Waals surface area contributed by atoms with Crippen LogP contribution in [-0.2, 0) is 21.3 Å². The molecule has 0 saturated carbocycles. The minimum atomic E-state index is -0.674. The van der Waals surface area contributed by atoms with Crippen molar-refractivity contribution in [2.75, 3.05) is 20.8 Å². The number of hydrogen-bond donors (Lipinski definition) is 0. The van der Waals surface area contributed by atoms with Crippen molar-refractivity contribution in [1.82, 2.24) is 9.13 Å². The largest absolute Gasteiger partial charge is 0.476 e. The summed E-state index contributed by atoms with van der Waals surface area (Å²) in [6.45, 7) is 0.196. The molecule has 8 nitrogen and oxygen atoms in total. The molecule has 3 heterocycles. The lowest BCUT2D eigenvalue weighted by molar-refractivity contribution is -0.0538. The molecule has 1 fully saturated rings. The van der Waals surface area contributed by atoms with Crippen molar-refractivity contribution in [3.63, 3.8) is 0 Å². The van der Waals surface area contributed by atoms with Gasteiger partial charge in [0.1, 0.15) is 24.9 Å². The van der Waals surface area contributed by atoms with Crippen LogP contribution in [0, 0.1) is 0 Å². The fourth-order valence-corrected chi connectivity index (χ4v) is 2.72. The molecule has 2 aliphatic rings. The van der Waals surface area contributed by atoms with E-state index < -0.39 is 23.6 Å². The molecular formula is C12H16N2O6. The first-order chi connectivity index (χ1) is 9.58. The number of nitrogens with zero attached hydrogens (tertiary/aromatic N) is 2. The standard InChI is InChI=1S/C12H16N2O6/c1-13-7(15)4-8-14(12(13)16)11-10(18-3)9(17-2)6(20-11)5-19-8/h4,6,9-11H,5H2,1-3H3. The van der Waals surface area contributed by atoms with Crippen molar-refractivity contribution in [3.8, 4) is 5.88 Å². The van der Waals surface area contributed by atoms with Crippen LogP contribution in [0.5, 0.6) is 5.88 Å². The van der Waals surface area contributed by atoms with Crippen molar-refractivity contribution < 1.29 is 18.9 Å². The van der Waals surface area contributed by atoms with Crippen LogP contribution in [0.15, 0.2) is 15.7 Å². The Morgan fingerprint density at radius 1 is 1.25 bits per heavy atom. The van der Waals surface area contributed by atoms with E-state index in [-0.39, 0.29) is 24.7 Å². The molecule has 0 aliphatic carbocycles. The topological polar surface area (TPSA) is 80.9 Å². The van der Waals surface area contributed by atoms with E-state index >= 15 is 0 Å². The van der Waals surface area contributed by atoms with Gasteiger partial charge in [0, 0.05) is 21.3 Å². The van der Waals surface area contributed by atoms with E-state index in [1.807, 2.05) is 0 Å². The second kappa shape index (κ2) is 4.72. The van der Waals surface area contributed by atoms with Crippen molar-refractivity contribution in [1.29, 1.82) is 0 Å². The number of ether oxygens (including phenoxy) is 4. The van der Waals surface area contributed by atoms with Gasteiger partial charge < -0.3 is 18.9 Å². The average Bonchev–Trinajstić information content (AvgIpc) is 2.67. The van der Waals surface area contributed by atoms with E-state index in [1.54, 1.807) is 7.11 Å². The Labute approximate surface area is 114 Å². The van der Waals surface area contributed by atoms with E-state index in [2.05, 4.69) is 0 Å². The van der Waals surface area contributed by atoms with Gasteiger partial charge in [0.15, 0.2) is 6.23 Å². The molecule has 2 aliphatic heterocycles. The molecule has 3 rings (SSSR count). The summed E-state index contributed by atoms with van der Waals surface area (Å²) in [4.78, 5) is 24.0. The molecule has 1 aromatic heterocycles. The Kier molecular flexibility index (Phi) is 3.15. The summed E-state index contributed by atoms with van der Waals surface area (Å²) in [7, 11) is 4.50. The summed E-state index contributed by atoms with van der Waals surface area (Å²) in [6.07, 6.45) is -1.80. The third-order valence-electron chi connectivity index (χ3n) is 3.79. The maximum atomic E-state index is 12.3. The zero-order chi connectivity index (χ0) is 14.4. The monoisotopic (exact) mass is 284 g/mol. The van der Waals surface area contributed by atoms with Crippen LogP contribution in [0.2, 0.25) is 0 Å². The Morgan fingerprint density at radius 2 is 1.95 bits per heavy atom. The summed E-state index contributed by atoms with van der Waals surface area (Å²) < 4.78 is 24.4. The summed E-state index contributed by atoms with van der Waals surface area (Å²) >= 11 is 0. The number of aromatic nitrogens is 2. The average molecular weight is 284 g/mol. The van der Waals surface area contributed by atoms with Gasteiger partial charge in [-0.1, -0.05) is 0 Å². The predicted octanol–water partition coefficient (Wildman–Crippen LogP) is -1.13. The summed E-state index contributed by atoms with van der Waals surface area (Å²) in [5.74, 6) is 0.196. The van der Waals surface area contributed by atoms with Gasteiger partial charge in [0.2, 0.25) is 5.88 Å². The fourth-order valence-electron chi connectivity index (χ4n) is 2.72. The van der Waals surface area contributed by atoms with E-state index in [1.165, 1.54) is 24.8 Å². The second-order valence-corrected chi connectivity index (χ2v) is 4.81. The summed E-state index contributed by atoms with van der Waals surface area (Å²) in [5, 5.41) is 0. The molecule has 1 aromatic rings. The molecule has 4 unspecified atom stereocenters. The first-order valence-electron chi connectivity index (χ1n) is 6.25. The van der Waals surface area contributed by atoms with Gasteiger partial charge in [0.05, 0.1) is 6.07 Å². The third kappa shape index (κ3) is 1.72. The van der Waals surface area contributed by atoms with Gasteiger partial charge >= 0.3 is 5.69 Å². The number of rotatable bonds is 2. The lowest BCUT2D eigenvalue weighted by Crippen LogP contribution is -2.45. The minimum absolute atomic E-state index is 0.196. The number of hydrogen-bond acceptors (Lipinski definition) is 6. The maximum absolute atomic E-state index is 12.3. The highest BCUT2D eigenvalue weighted by Crippen LogP contribution is 2.36. The maximum Gasteiger partial charge on any atom is 0.335 e. The Hall–Kier alpha value is -1.64. The molecule has 0 radical (unpaired) electrons. The van der Waals surface area contributed by atoms with Crippen LogP contribution in [0.4, 0.5) is 0 Å². The highest BCUT2D eigenvalue weighted by molar-refractivity contribution is 5.14. The van der Waals surface area contributed by atoms with Crippen molar-refractivity contribution in [2.45, 2.75) is 24.5 Å². The van der Waals surface area contributed by atoms with Gasteiger partial charge in [-0.05, 0) is 0 Å². The molecule has 110 valence electrons. The van der Waals surface area contributed by atoms with Crippen LogP contribution in [-0.4, -0.2) is 48.3 Å².